The van der Waals surface area contributed by atoms with Gasteiger partial charge in [0.05, 0.1) is 21.6 Å². The first-order chi connectivity index (χ1) is 9.56. The second-order valence-electron chi connectivity index (χ2n) is 4.68. The Morgan fingerprint density at radius 1 is 1.57 bits per heavy atom. The third-order valence-corrected chi connectivity index (χ3v) is 5.45. The van der Waals surface area contributed by atoms with Crippen LogP contribution >= 0.6 is 35.5 Å². The van der Waals surface area contributed by atoms with E-state index in [-0.39, 0.29) is 35.9 Å². The van der Waals surface area contributed by atoms with Crippen molar-refractivity contribution in [2.24, 2.45) is 11.7 Å². The molecule has 1 fully saturated rings. The number of hydrogen-bond donors (Lipinski definition) is 3. The number of rotatable bonds is 5. The lowest BCUT2D eigenvalue weighted by Gasteiger charge is -2.21. The Morgan fingerprint density at radius 3 is 2.95 bits per heavy atom. The predicted octanol–water partition coefficient (Wildman–Crippen LogP) is 1.39. The molecule has 21 heavy (non-hydrogen) atoms. The van der Waals surface area contributed by atoms with Gasteiger partial charge in [-0.05, 0) is 26.3 Å². The normalized spacial score (nSPS) is 17.9. The van der Waals surface area contributed by atoms with Crippen LogP contribution in [0.2, 0.25) is 0 Å². The highest BCUT2D eigenvalue weighted by atomic mass is 35.5. The van der Waals surface area contributed by atoms with Crippen molar-refractivity contribution < 1.29 is 9.59 Å². The number of primary amides is 1. The zero-order chi connectivity index (χ0) is 14.5. The van der Waals surface area contributed by atoms with Gasteiger partial charge in [0.1, 0.15) is 0 Å². The van der Waals surface area contributed by atoms with E-state index in [1.807, 2.05) is 6.92 Å². The number of hydrogen-bond acceptors (Lipinski definition) is 6. The van der Waals surface area contributed by atoms with Crippen molar-refractivity contribution in [2.75, 3.05) is 24.2 Å². The summed E-state index contributed by atoms with van der Waals surface area (Å²) >= 11 is 2.74. The van der Waals surface area contributed by atoms with Gasteiger partial charge in [-0.3, -0.25) is 9.59 Å². The number of thioether (sulfide) groups is 1. The lowest BCUT2D eigenvalue weighted by molar-refractivity contribution is -0.120. The van der Waals surface area contributed by atoms with Crippen molar-refractivity contribution in [3.05, 3.63) is 5.69 Å². The minimum absolute atomic E-state index is 0. The van der Waals surface area contributed by atoms with Crippen molar-refractivity contribution >= 4 is 52.5 Å². The molecular formula is C12H19ClN4O2S2. The summed E-state index contributed by atoms with van der Waals surface area (Å²) in [4.78, 5) is 27.2. The molecule has 1 aliphatic rings. The Morgan fingerprint density at radius 2 is 2.33 bits per heavy atom. The lowest BCUT2D eigenvalue weighted by atomic mass is 9.99. The second kappa shape index (κ2) is 8.57. The molecule has 0 radical (unpaired) electrons. The molecular weight excluding hydrogens is 332 g/mol. The van der Waals surface area contributed by atoms with Crippen LogP contribution in [0.4, 0.5) is 5.13 Å². The van der Waals surface area contributed by atoms with Gasteiger partial charge in [0.2, 0.25) is 11.8 Å². The van der Waals surface area contributed by atoms with Crippen LogP contribution in [-0.2, 0) is 9.59 Å². The van der Waals surface area contributed by atoms with Gasteiger partial charge in [-0.25, -0.2) is 4.98 Å². The summed E-state index contributed by atoms with van der Waals surface area (Å²) in [6, 6.07) is 0. The third kappa shape index (κ3) is 5.46. The number of carbonyl (C=O) groups excluding carboxylic acids is 2. The Labute approximate surface area is 138 Å². The minimum atomic E-state index is -0.360. The fourth-order valence-corrected chi connectivity index (χ4v) is 3.87. The summed E-state index contributed by atoms with van der Waals surface area (Å²) in [6.45, 7) is 3.56. The molecule has 9 heteroatoms. The van der Waals surface area contributed by atoms with Crippen LogP contribution in [-0.4, -0.2) is 35.6 Å². The number of piperidine rings is 1. The van der Waals surface area contributed by atoms with Crippen molar-refractivity contribution in [1.29, 1.82) is 0 Å². The summed E-state index contributed by atoms with van der Waals surface area (Å²) in [6.07, 6.45) is 1.93. The summed E-state index contributed by atoms with van der Waals surface area (Å²) in [5.41, 5.74) is 5.94. The van der Waals surface area contributed by atoms with E-state index < -0.39 is 0 Å². The molecule has 1 aliphatic heterocycles. The van der Waals surface area contributed by atoms with Gasteiger partial charge in [-0.15, -0.1) is 24.2 Å². The van der Waals surface area contributed by atoms with Crippen LogP contribution in [0, 0.1) is 12.8 Å². The van der Waals surface area contributed by atoms with E-state index in [1.165, 1.54) is 23.1 Å². The average molecular weight is 351 g/mol. The standard InChI is InChI=1S/C12H18N4O2S2.ClH/c1-7-11(19-6-9(13)17)20-12(15-7)16-10(18)8-3-2-4-14-5-8;/h8,14H,2-6H2,1H3,(H2,13,17)(H,15,16,18);1H. The van der Waals surface area contributed by atoms with Crippen LogP contribution in [0.5, 0.6) is 0 Å². The molecule has 0 aromatic carbocycles. The number of aryl methyl sites for hydroxylation is 1. The zero-order valence-electron chi connectivity index (χ0n) is 11.7. The smallest absolute Gasteiger partial charge is 0.230 e. The molecule has 0 aliphatic carbocycles. The fourth-order valence-electron chi connectivity index (χ4n) is 1.99. The van der Waals surface area contributed by atoms with Gasteiger partial charge in [-0.1, -0.05) is 11.3 Å². The van der Waals surface area contributed by atoms with Gasteiger partial charge >= 0.3 is 0 Å². The maximum absolute atomic E-state index is 12.1. The molecule has 2 rings (SSSR count). The average Bonchev–Trinajstić information content (AvgIpc) is 2.77. The molecule has 1 unspecified atom stereocenters. The van der Waals surface area contributed by atoms with Crippen LogP contribution in [0.3, 0.4) is 0 Å². The van der Waals surface area contributed by atoms with Crippen molar-refractivity contribution in [1.82, 2.24) is 10.3 Å². The maximum Gasteiger partial charge on any atom is 0.230 e. The number of carbonyl (C=O) groups is 2. The maximum atomic E-state index is 12.1. The van der Waals surface area contributed by atoms with Crippen molar-refractivity contribution in [3.8, 4) is 0 Å². The third-order valence-electron chi connectivity index (χ3n) is 3.00. The van der Waals surface area contributed by atoms with E-state index in [4.69, 9.17) is 5.73 Å². The topological polar surface area (TPSA) is 97.1 Å². The number of anilines is 1. The molecule has 1 saturated heterocycles. The first-order valence-corrected chi connectivity index (χ1v) is 8.26. The highest BCUT2D eigenvalue weighted by molar-refractivity contribution is 8.01. The Balaban J connectivity index is 0.00000220. The number of nitrogens with two attached hydrogens (primary N) is 1. The van der Waals surface area contributed by atoms with E-state index in [0.717, 1.165) is 35.8 Å². The highest BCUT2D eigenvalue weighted by Gasteiger charge is 2.22. The molecule has 2 heterocycles. The molecule has 0 spiro atoms. The monoisotopic (exact) mass is 350 g/mol. The molecule has 0 bridgehead atoms. The first kappa shape index (κ1) is 18.2. The summed E-state index contributed by atoms with van der Waals surface area (Å²) in [7, 11) is 0. The number of nitrogens with one attached hydrogen (secondary N) is 2. The molecule has 118 valence electrons. The quantitative estimate of drug-likeness (QED) is 0.697. The SMILES string of the molecule is Cc1nc(NC(=O)C2CCCNC2)sc1SCC(N)=O.Cl. The van der Waals surface area contributed by atoms with Crippen molar-refractivity contribution in [3.63, 3.8) is 0 Å². The van der Waals surface area contributed by atoms with Crippen molar-refractivity contribution in [2.45, 2.75) is 24.0 Å². The van der Waals surface area contributed by atoms with E-state index in [2.05, 4.69) is 15.6 Å². The molecule has 4 N–H and O–H groups in total. The van der Waals surface area contributed by atoms with Gasteiger partial charge in [0.15, 0.2) is 5.13 Å². The molecule has 0 saturated carbocycles. The van der Waals surface area contributed by atoms with Gasteiger partial charge in [0.25, 0.3) is 0 Å². The Bertz CT molecular complexity index is 503. The number of nitrogens with zero attached hydrogens (tertiary/aromatic N) is 1. The first-order valence-electron chi connectivity index (χ1n) is 6.46. The molecule has 2 amide bonds. The fraction of sp³-hybridized carbons (Fsp3) is 0.583. The van der Waals surface area contributed by atoms with Crippen LogP contribution < -0.4 is 16.4 Å². The van der Waals surface area contributed by atoms with Gasteiger partial charge in [-0.2, -0.15) is 0 Å². The zero-order valence-corrected chi connectivity index (χ0v) is 14.1. The predicted molar refractivity (Wildman–Crippen MR) is 88.2 cm³/mol. The van der Waals surface area contributed by atoms with E-state index in [1.54, 1.807) is 0 Å². The summed E-state index contributed by atoms with van der Waals surface area (Å²) < 4.78 is 0.917. The van der Waals surface area contributed by atoms with E-state index in [0.29, 0.717) is 5.13 Å². The molecule has 1 aromatic heterocycles. The number of thiazole rings is 1. The van der Waals surface area contributed by atoms with Gasteiger partial charge < -0.3 is 16.4 Å². The van der Waals surface area contributed by atoms with Gasteiger partial charge in [0, 0.05) is 6.54 Å². The minimum Gasteiger partial charge on any atom is -0.369 e. The second-order valence-corrected chi connectivity index (χ2v) is 6.92. The summed E-state index contributed by atoms with van der Waals surface area (Å²) in [5.74, 6) is -0.114. The molecule has 6 nitrogen and oxygen atoms in total. The lowest BCUT2D eigenvalue weighted by Crippen LogP contribution is -2.37. The molecule has 1 aromatic rings. The van der Waals surface area contributed by atoms with Crippen LogP contribution in [0.1, 0.15) is 18.5 Å². The number of amides is 2. The number of halogens is 1. The van der Waals surface area contributed by atoms with E-state index in [9.17, 15) is 9.59 Å². The van der Waals surface area contributed by atoms with Crippen LogP contribution in [0.25, 0.3) is 0 Å². The Hall–Kier alpha value is -0.830. The number of aromatic nitrogens is 1. The van der Waals surface area contributed by atoms with E-state index >= 15 is 0 Å². The van der Waals surface area contributed by atoms with Crippen LogP contribution in [0.15, 0.2) is 4.21 Å². The summed E-state index contributed by atoms with van der Waals surface area (Å²) in [5, 5.41) is 6.67. The largest absolute Gasteiger partial charge is 0.369 e. The molecule has 1 atom stereocenters. The Kier molecular flexibility index (Phi) is 7.44. The highest BCUT2D eigenvalue weighted by Crippen LogP contribution is 2.32.